The highest BCUT2D eigenvalue weighted by atomic mass is 16.6. The molecule has 1 aliphatic rings. The summed E-state index contributed by atoms with van der Waals surface area (Å²) in [6, 6.07) is 10.9. The molecule has 1 saturated heterocycles. The molecule has 15 nitrogen and oxygen atoms in total. The van der Waals surface area contributed by atoms with Crippen LogP contribution in [0.1, 0.15) is 31.5 Å². The fourth-order valence-electron chi connectivity index (χ4n) is 4.61. The Labute approximate surface area is 275 Å². The zero-order valence-electron chi connectivity index (χ0n) is 26.8. The van der Waals surface area contributed by atoms with Crippen LogP contribution in [0.3, 0.4) is 0 Å². The summed E-state index contributed by atoms with van der Waals surface area (Å²) in [5.41, 5.74) is 7.39. The first-order valence-electron chi connectivity index (χ1n) is 15.6. The van der Waals surface area contributed by atoms with E-state index in [1.165, 1.54) is 4.90 Å². The van der Waals surface area contributed by atoms with Crippen LogP contribution in [0.25, 0.3) is 0 Å². The van der Waals surface area contributed by atoms with Gasteiger partial charge in [0.05, 0.1) is 31.7 Å². The van der Waals surface area contributed by atoms with Gasteiger partial charge in [-0.25, -0.2) is 9.59 Å². The first kappa shape index (κ1) is 38.1. The molecule has 2 amide bonds. The Morgan fingerprint density at radius 1 is 1.06 bits per heavy atom. The highest BCUT2D eigenvalue weighted by molar-refractivity contribution is 6.18. The lowest BCUT2D eigenvalue weighted by atomic mass is 10.0. The fourth-order valence-corrected chi connectivity index (χ4v) is 4.61. The summed E-state index contributed by atoms with van der Waals surface area (Å²) in [6.07, 6.45) is -5.09. The lowest BCUT2D eigenvalue weighted by Gasteiger charge is -2.30. The Bertz CT molecular complexity index is 1190. The van der Waals surface area contributed by atoms with Crippen LogP contribution in [0, 0.1) is 5.92 Å². The minimum atomic E-state index is -1.83. The van der Waals surface area contributed by atoms with E-state index in [4.69, 9.17) is 29.3 Å². The molecule has 0 unspecified atom stereocenters. The van der Waals surface area contributed by atoms with Gasteiger partial charge in [0.15, 0.2) is 0 Å². The second-order valence-electron chi connectivity index (χ2n) is 11.6. The topological polar surface area (TPSA) is 215 Å². The summed E-state index contributed by atoms with van der Waals surface area (Å²) in [7, 11) is -0.416. The van der Waals surface area contributed by atoms with Gasteiger partial charge in [-0.05, 0) is 42.2 Å². The number of carbonyl (C=O) groups is 2. The third-order valence-corrected chi connectivity index (χ3v) is 7.33. The quantitative estimate of drug-likeness (QED) is 0.0620. The monoisotopic (exact) mass is 662 g/mol. The third-order valence-electron chi connectivity index (χ3n) is 7.33. The molecule has 1 aromatic heterocycles. The number of aliphatic hydroxyl groups excluding tert-OH is 4. The number of aromatic nitrogens is 1. The number of carbonyl (C=O) groups excluding carboxylic acids is 2. The van der Waals surface area contributed by atoms with E-state index in [9.17, 15) is 30.0 Å². The van der Waals surface area contributed by atoms with E-state index in [2.05, 4.69) is 10.3 Å². The van der Waals surface area contributed by atoms with Crippen molar-refractivity contribution in [1.29, 1.82) is 0 Å². The van der Waals surface area contributed by atoms with Crippen molar-refractivity contribution in [1.82, 2.24) is 15.2 Å². The number of morpholine rings is 1. The molecular weight excluding hydrogens is 615 g/mol. The smallest absolute Gasteiger partial charge is 0.439 e. The van der Waals surface area contributed by atoms with Gasteiger partial charge in [0, 0.05) is 25.7 Å². The van der Waals surface area contributed by atoms with Gasteiger partial charge in [0.2, 0.25) is 0 Å². The van der Waals surface area contributed by atoms with Crippen LogP contribution in [0.15, 0.2) is 48.7 Å². The standard InChI is InChI=1S/C31H47BN4O11/c1-20(2)15-27(33)47-32-46-26(29(40)28(39)25(38)17-37)19-45-30(41)24(35-31(42)36-11-13-43-14-12-36)16-21-6-8-23(9-7-21)44-18-22-5-3-4-10-34-22/h3-10,20,24-29,32,37-40H,11-19,33H2,1-2H3,(H,35,42)/t24-,25+,26+,27+,28+,29+/m0/s1. The van der Waals surface area contributed by atoms with Crippen molar-refractivity contribution >= 4 is 19.7 Å². The zero-order chi connectivity index (χ0) is 34.2. The van der Waals surface area contributed by atoms with Crippen molar-refractivity contribution in [2.75, 3.05) is 39.5 Å². The van der Waals surface area contributed by atoms with Gasteiger partial charge in [0.1, 0.15) is 49.4 Å². The van der Waals surface area contributed by atoms with E-state index >= 15 is 0 Å². The van der Waals surface area contributed by atoms with E-state index < -0.39 is 69.6 Å². The average Bonchev–Trinajstić information content (AvgIpc) is 3.08. The minimum Gasteiger partial charge on any atom is -0.487 e. The highest BCUT2D eigenvalue weighted by Gasteiger charge is 2.34. The molecule has 6 atom stereocenters. The van der Waals surface area contributed by atoms with E-state index in [1.54, 1.807) is 30.5 Å². The van der Waals surface area contributed by atoms with Crippen molar-refractivity contribution in [3.63, 3.8) is 0 Å². The van der Waals surface area contributed by atoms with Crippen molar-refractivity contribution in [2.45, 2.75) is 70.0 Å². The Morgan fingerprint density at radius 3 is 2.43 bits per heavy atom. The number of hydrogen-bond donors (Lipinski definition) is 6. The number of nitrogens with zero attached hydrogens (tertiary/aromatic N) is 2. The maximum atomic E-state index is 13.4. The molecule has 0 spiro atoms. The Hall–Kier alpha value is -3.35. The molecule has 0 aliphatic carbocycles. The molecule has 7 N–H and O–H groups in total. The maximum absolute atomic E-state index is 13.4. The van der Waals surface area contributed by atoms with Crippen LogP contribution in [0.5, 0.6) is 5.75 Å². The molecule has 2 aromatic rings. The van der Waals surface area contributed by atoms with Gasteiger partial charge in [-0.1, -0.05) is 32.0 Å². The predicted molar refractivity (Wildman–Crippen MR) is 170 cm³/mol. The number of pyridine rings is 1. The Morgan fingerprint density at radius 2 is 1.79 bits per heavy atom. The van der Waals surface area contributed by atoms with Crippen LogP contribution in [-0.2, 0) is 36.6 Å². The van der Waals surface area contributed by atoms with Crippen molar-refractivity contribution in [2.24, 2.45) is 11.7 Å². The fraction of sp³-hybridized carbons (Fsp3) is 0.581. The number of nitrogens with two attached hydrogens (primary N) is 1. The molecule has 16 heteroatoms. The first-order valence-corrected chi connectivity index (χ1v) is 15.6. The average molecular weight is 663 g/mol. The number of hydrogen-bond acceptors (Lipinski definition) is 13. The van der Waals surface area contributed by atoms with Gasteiger partial charge >= 0.3 is 19.7 Å². The number of aliphatic hydroxyl groups is 4. The minimum absolute atomic E-state index is 0.0581. The molecule has 0 bridgehead atoms. The van der Waals surface area contributed by atoms with E-state index in [-0.39, 0.29) is 18.9 Å². The summed E-state index contributed by atoms with van der Waals surface area (Å²) in [6.45, 7) is 4.22. The van der Waals surface area contributed by atoms with Crippen LogP contribution < -0.4 is 15.8 Å². The largest absolute Gasteiger partial charge is 0.487 e. The number of rotatable bonds is 19. The van der Waals surface area contributed by atoms with Crippen LogP contribution in [-0.4, -0.2) is 126 Å². The summed E-state index contributed by atoms with van der Waals surface area (Å²) in [5, 5.41) is 42.9. The van der Waals surface area contributed by atoms with Gasteiger partial charge in [-0.15, -0.1) is 0 Å². The second kappa shape index (κ2) is 20.1. The molecule has 1 fully saturated rings. The first-order chi connectivity index (χ1) is 22.6. The number of benzene rings is 1. The molecule has 0 saturated carbocycles. The Balaban J connectivity index is 1.69. The molecule has 3 rings (SSSR count). The zero-order valence-corrected chi connectivity index (χ0v) is 26.8. The molecule has 2 heterocycles. The van der Waals surface area contributed by atoms with Crippen LogP contribution >= 0.6 is 0 Å². The summed E-state index contributed by atoms with van der Waals surface area (Å²) < 4.78 is 27.6. The lowest BCUT2D eigenvalue weighted by Crippen LogP contribution is -2.53. The summed E-state index contributed by atoms with van der Waals surface area (Å²) >= 11 is 0. The predicted octanol–water partition coefficient (Wildman–Crippen LogP) is -0.769. The van der Waals surface area contributed by atoms with Gasteiger partial charge < -0.3 is 59.9 Å². The number of ether oxygens (including phenoxy) is 3. The molecule has 0 radical (unpaired) electrons. The normalized spacial score (nSPS) is 17.2. The number of esters is 1. The van der Waals surface area contributed by atoms with E-state index in [1.807, 2.05) is 32.0 Å². The third kappa shape index (κ3) is 13.4. The summed E-state index contributed by atoms with van der Waals surface area (Å²) in [4.78, 5) is 32.2. The highest BCUT2D eigenvalue weighted by Crippen LogP contribution is 2.17. The molecule has 1 aromatic carbocycles. The van der Waals surface area contributed by atoms with Crippen LogP contribution in [0.4, 0.5) is 4.79 Å². The number of amides is 2. The van der Waals surface area contributed by atoms with Crippen molar-refractivity contribution in [3.05, 3.63) is 59.9 Å². The van der Waals surface area contributed by atoms with Gasteiger partial charge in [-0.2, -0.15) is 0 Å². The van der Waals surface area contributed by atoms with Gasteiger partial charge in [-0.3, -0.25) is 4.98 Å². The van der Waals surface area contributed by atoms with E-state index in [0.29, 0.717) is 44.0 Å². The summed E-state index contributed by atoms with van der Waals surface area (Å²) in [5.74, 6) is -0.00452. The van der Waals surface area contributed by atoms with Gasteiger partial charge in [0.25, 0.3) is 0 Å². The molecule has 1 aliphatic heterocycles. The van der Waals surface area contributed by atoms with Crippen molar-refractivity contribution in [3.8, 4) is 5.75 Å². The Kier molecular flexibility index (Phi) is 16.3. The maximum Gasteiger partial charge on any atom is 0.439 e. The SMILES string of the molecule is CC(C)C[C@H](N)OBO[C@H](COC(=O)[C@H](Cc1ccc(OCc2ccccn2)cc1)NC(=O)N1CCOCC1)[C@@H](O)[C@H](O)[C@H](O)CO. The molecule has 260 valence electrons. The second-order valence-corrected chi connectivity index (χ2v) is 11.6. The number of nitrogens with one attached hydrogen (secondary N) is 1. The lowest BCUT2D eigenvalue weighted by molar-refractivity contribution is -0.156. The van der Waals surface area contributed by atoms with Crippen LogP contribution in [0.2, 0.25) is 0 Å². The molecular formula is C31H47BN4O11. The van der Waals surface area contributed by atoms with Crippen molar-refractivity contribution < 1.29 is 53.5 Å². The number of urea groups is 1. The van der Waals surface area contributed by atoms with E-state index in [0.717, 1.165) is 5.69 Å². The molecule has 47 heavy (non-hydrogen) atoms.